The van der Waals surface area contributed by atoms with E-state index in [4.69, 9.17) is 4.74 Å². The van der Waals surface area contributed by atoms with Crippen molar-refractivity contribution in [2.24, 2.45) is 0 Å². The van der Waals surface area contributed by atoms with Crippen LogP contribution in [0.3, 0.4) is 0 Å². The molecule has 1 aromatic rings. The van der Waals surface area contributed by atoms with Crippen LogP contribution in [0.4, 0.5) is 13.2 Å². The minimum atomic E-state index is -4.31. The molecular weight excluding hydrogens is 344 g/mol. The van der Waals surface area contributed by atoms with E-state index >= 15 is 0 Å². The summed E-state index contributed by atoms with van der Waals surface area (Å²) in [5.41, 5.74) is 1.85. The second-order valence-electron chi connectivity index (χ2n) is 3.87. The van der Waals surface area contributed by atoms with E-state index in [-0.39, 0.29) is 0 Å². The number of aryl methyl sites for hydroxylation is 1. The molecule has 0 aliphatic heterocycles. The first-order valence-corrected chi connectivity index (χ1v) is 6.72. The van der Waals surface area contributed by atoms with Crippen LogP contribution in [-0.2, 0) is 4.74 Å². The van der Waals surface area contributed by atoms with E-state index in [1.165, 1.54) is 0 Å². The molecule has 0 radical (unpaired) electrons. The summed E-state index contributed by atoms with van der Waals surface area (Å²) in [6.45, 7) is 2.97. The molecule has 0 heterocycles. The third kappa shape index (κ3) is 4.46. The summed E-state index contributed by atoms with van der Waals surface area (Å²) < 4.78 is 42.7. The molecule has 2 atom stereocenters. The number of benzene rings is 1. The maximum Gasteiger partial charge on any atom is 0.414 e. The largest absolute Gasteiger partial charge is 0.414 e. The first-order chi connectivity index (χ1) is 7.84. The van der Waals surface area contributed by atoms with Crippen LogP contribution < -0.4 is 0 Å². The fourth-order valence-corrected chi connectivity index (χ4v) is 2.02. The molecule has 96 valence electrons. The van der Waals surface area contributed by atoms with Crippen molar-refractivity contribution in [2.45, 2.75) is 32.2 Å². The van der Waals surface area contributed by atoms with Crippen molar-refractivity contribution in [1.82, 2.24) is 0 Å². The van der Waals surface area contributed by atoms with Gasteiger partial charge in [-0.25, -0.2) is 0 Å². The number of rotatable bonds is 4. The normalized spacial score (nSPS) is 15.6. The minimum Gasteiger partial charge on any atom is -0.360 e. The summed E-state index contributed by atoms with van der Waals surface area (Å²) >= 11 is 2.03. The standard InChI is InChI=1S/C12H14F3IO/c1-8-3-5-10(6-4-8)11(7-16)17-9(2)12(13,14)15/h3-6,9,11H,7H2,1-2H3. The summed E-state index contributed by atoms with van der Waals surface area (Å²) in [5, 5.41) is 0. The SMILES string of the molecule is Cc1ccc(C(CI)OC(C)C(F)(F)F)cc1. The van der Waals surface area contributed by atoms with Crippen LogP contribution in [0.2, 0.25) is 0 Å². The highest BCUT2D eigenvalue weighted by Crippen LogP contribution is 2.29. The molecule has 0 bridgehead atoms. The van der Waals surface area contributed by atoms with E-state index in [2.05, 4.69) is 0 Å². The van der Waals surface area contributed by atoms with E-state index in [9.17, 15) is 13.2 Å². The van der Waals surface area contributed by atoms with Crippen LogP contribution in [0, 0.1) is 6.92 Å². The molecular formula is C12H14F3IO. The van der Waals surface area contributed by atoms with Gasteiger partial charge in [0.15, 0.2) is 6.10 Å². The Balaban J connectivity index is 2.75. The van der Waals surface area contributed by atoms with Gasteiger partial charge in [-0.15, -0.1) is 0 Å². The van der Waals surface area contributed by atoms with Gasteiger partial charge in [-0.2, -0.15) is 13.2 Å². The molecule has 5 heteroatoms. The Labute approximate surface area is 112 Å². The smallest absolute Gasteiger partial charge is 0.360 e. The summed E-state index contributed by atoms with van der Waals surface area (Å²) in [6, 6.07) is 7.36. The van der Waals surface area contributed by atoms with Gasteiger partial charge in [-0.3, -0.25) is 0 Å². The average molecular weight is 358 g/mol. The lowest BCUT2D eigenvalue weighted by Crippen LogP contribution is -2.30. The van der Waals surface area contributed by atoms with Gasteiger partial charge in [-0.1, -0.05) is 52.4 Å². The van der Waals surface area contributed by atoms with E-state index < -0.39 is 18.4 Å². The molecule has 0 saturated carbocycles. The van der Waals surface area contributed by atoms with Crippen molar-refractivity contribution in [3.63, 3.8) is 0 Å². The fourth-order valence-electron chi connectivity index (χ4n) is 1.31. The summed E-state index contributed by atoms with van der Waals surface area (Å²) in [7, 11) is 0. The molecule has 0 amide bonds. The molecule has 1 rings (SSSR count). The summed E-state index contributed by atoms with van der Waals surface area (Å²) in [6.07, 6.45) is -6.58. The van der Waals surface area contributed by atoms with Crippen LogP contribution in [0.25, 0.3) is 0 Å². The first kappa shape index (κ1) is 14.8. The van der Waals surface area contributed by atoms with Crippen LogP contribution in [-0.4, -0.2) is 16.7 Å². The molecule has 2 unspecified atom stereocenters. The lowest BCUT2D eigenvalue weighted by molar-refractivity contribution is -0.225. The third-order valence-corrected chi connectivity index (χ3v) is 3.22. The van der Waals surface area contributed by atoms with Crippen molar-refractivity contribution < 1.29 is 17.9 Å². The highest BCUT2D eigenvalue weighted by atomic mass is 127. The number of halogens is 4. The van der Waals surface area contributed by atoms with Crippen LogP contribution in [0.15, 0.2) is 24.3 Å². The molecule has 0 aromatic heterocycles. The highest BCUT2D eigenvalue weighted by molar-refractivity contribution is 14.1. The zero-order valence-corrected chi connectivity index (χ0v) is 11.7. The predicted octanol–water partition coefficient (Wildman–Crippen LogP) is 4.44. The lowest BCUT2D eigenvalue weighted by atomic mass is 10.1. The molecule has 0 aliphatic rings. The maximum atomic E-state index is 12.4. The topological polar surface area (TPSA) is 9.23 Å². The van der Waals surface area contributed by atoms with Gasteiger partial charge in [0.1, 0.15) is 0 Å². The summed E-state index contributed by atoms with van der Waals surface area (Å²) in [4.78, 5) is 0. The Bertz CT molecular complexity index is 348. The number of hydrogen-bond acceptors (Lipinski definition) is 1. The Hall–Kier alpha value is -0.300. The highest BCUT2D eigenvalue weighted by Gasteiger charge is 2.38. The van der Waals surface area contributed by atoms with Gasteiger partial charge in [0, 0.05) is 4.43 Å². The molecule has 0 N–H and O–H groups in total. The average Bonchev–Trinajstić information content (AvgIpc) is 2.25. The molecule has 1 aromatic carbocycles. The molecule has 0 saturated heterocycles. The van der Waals surface area contributed by atoms with E-state index in [1.54, 1.807) is 0 Å². The van der Waals surface area contributed by atoms with Crippen molar-refractivity contribution >= 4 is 22.6 Å². The Morgan fingerprint density at radius 2 is 1.76 bits per heavy atom. The number of hydrogen-bond donors (Lipinski definition) is 0. The van der Waals surface area contributed by atoms with Crippen LogP contribution >= 0.6 is 22.6 Å². The molecule has 0 spiro atoms. The van der Waals surface area contributed by atoms with Crippen molar-refractivity contribution in [3.05, 3.63) is 35.4 Å². The predicted molar refractivity (Wildman–Crippen MR) is 69.4 cm³/mol. The third-order valence-electron chi connectivity index (χ3n) is 2.42. The molecule has 1 nitrogen and oxygen atoms in total. The van der Waals surface area contributed by atoms with E-state index in [0.717, 1.165) is 18.1 Å². The monoisotopic (exact) mass is 358 g/mol. The lowest BCUT2D eigenvalue weighted by Gasteiger charge is -2.23. The Kier molecular flexibility index (Phi) is 5.24. The van der Waals surface area contributed by atoms with Gasteiger partial charge in [0.2, 0.25) is 0 Å². The minimum absolute atomic E-state index is 0.487. The van der Waals surface area contributed by atoms with Gasteiger partial charge in [0.05, 0.1) is 6.10 Å². The number of alkyl halides is 4. The zero-order valence-electron chi connectivity index (χ0n) is 9.59. The fraction of sp³-hybridized carbons (Fsp3) is 0.500. The van der Waals surface area contributed by atoms with Crippen molar-refractivity contribution in [2.75, 3.05) is 4.43 Å². The summed E-state index contributed by atoms with van der Waals surface area (Å²) in [5.74, 6) is 0. The van der Waals surface area contributed by atoms with Gasteiger partial charge in [-0.05, 0) is 19.4 Å². The number of ether oxygens (including phenoxy) is 1. The van der Waals surface area contributed by atoms with Gasteiger partial charge < -0.3 is 4.74 Å². The maximum absolute atomic E-state index is 12.4. The molecule has 0 aliphatic carbocycles. The quantitative estimate of drug-likeness (QED) is 0.571. The molecule has 0 fully saturated rings. The Morgan fingerprint density at radius 3 is 2.18 bits per heavy atom. The first-order valence-electron chi connectivity index (χ1n) is 5.19. The van der Waals surface area contributed by atoms with Crippen molar-refractivity contribution in [3.8, 4) is 0 Å². The van der Waals surface area contributed by atoms with Crippen molar-refractivity contribution in [1.29, 1.82) is 0 Å². The second-order valence-corrected chi connectivity index (χ2v) is 4.75. The van der Waals surface area contributed by atoms with Crippen LogP contribution in [0.5, 0.6) is 0 Å². The zero-order chi connectivity index (χ0) is 13.1. The Morgan fingerprint density at radius 1 is 1.24 bits per heavy atom. The molecule has 17 heavy (non-hydrogen) atoms. The van der Waals surface area contributed by atoms with Gasteiger partial charge >= 0.3 is 6.18 Å². The van der Waals surface area contributed by atoms with E-state index in [1.807, 2.05) is 53.8 Å². The van der Waals surface area contributed by atoms with Gasteiger partial charge in [0.25, 0.3) is 0 Å². The van der Waals surface area contributed by atoms with E-state index in [0.29, 0.717) is 4.43 Å². The second kappa shape index (κ2) is 6.04. The van der Waals surface area contributed by atoms with Crippen LogP contribution in [0.1, 0.15) is 24.2 Å².